The van der Waals surface area contributed by atoms with Gasteiger partial charge in [-0.2, -0.15) is 0 Å². The molecule has 0 amide bonds. The molecule has 2 aliphatic heterocycles. The first kappa shape index (κ1) is 32.3. The lowest BCUT2D eigenvalue weighted by atomic mass is 9.88. The number of benzene rings is 2. The second kappa shape index (κ2) is 14.8. The third-order valence-electron chi connectivity index (χ3n) is 8.15. The lowest BCUT2D eigenvalue weighted by Gasteiger charge is -2.34. The van der Waals surface area contributed by atoms with Gasteiger partial charge in [0.25, 0.3) is 0 Å². The van der Waals surface area contributed by atoms with Crippen molar-refractivity contribution in [3.05, 3.63) is 82.4 Å². The van der Waals surface area contributed by atoms with Crippen LogP contribution in [0.1, 0.15) is 54.4 Å². The van der Waals surface area contributed by atoms with Gasteiger partial charge in [-0.25, -0.2) is 9.78 Å². The normalized spacial score (nSPS) is 17.7. The maximum atomic E-state index is 12.0. The average Bonchev–Trinajstić information content (AvgIpc) is 3.39. The number of imidazole rings is 1. The van der Waals surface area contributed by atoms with Crippen LogP contribution < -0.4 is 9.47 Å². The fraction of sp³-hybridized carbons (Fsp3) is 0.471. The Kier molecular flexibility index (Phi) is 10.8. The van der Waals surface area contributed by atoms with Crippen LogP contribution in [0.2, 0.25) is 30.7 Å². The summed E-state index contributed by atoms with van der Waals surface area (Å²) in [7, 11) is -1.20. The minimum atomic E-state index is -1.20. The van der Waals surface area contributed by atoms with Crippen molar-refractivity contribution in [2.75, 3.05) is 32.9 Å². The quantitative estimate of drug-likeness (QED) is 0.0892. The number of piperidine rings is 1. The van der Waals surface area contributed by atoms with Crippen LogP contribution in [0.5, 0.6) is 11.5 Å². The van der Waals surface area contributed by atoms with Gasteiger partial charge in [0, 0.05) is 31.3 Å². The van der Waals surface area contributed by atoms with Gasteiger partial charge in [0.05, 0.1) is 25.0 Å². The van der Waals surface area contributed by atoms with E-state index in [9.17, 15) is 4.79 Å². The number of aromatic nitrogens is 2. The first-order chi connectivity index (χ1) is 21.2. The van der Waals surface area contributed by atoms with Gasteiger partial charge in [-0.3, -0.25) is 4.90 Å². The molecular formula is C34H44ClN3O5Si. The van der Waals surface area contributed by atoms with E-state index in [0.29, 0.717) is 44.0 Å². The summed E-state index contributed by atoms with van der Waals surface area (Å²) in [5.41, 5.74) is 3.11. The molecule has 1 fully saturated rings. The number of ether oxygens (including phenoxy) is 4. The van der Waals surface area contributed by atoms with Crippen molar-refractivity contribution in [3.63, 3.8) is 0 Å². The Balaban J connectivity index is 1.22. The second-order valence-corrected chi connectivity index (χ2v) is 18.7. The molecule has 3 heterocycles. The van der Waals surface area contributed by atoms with Gasteiger partial charge in [-0.15, -0.1) is 0 Å². The van der Waals surface area contributed by atoms with E-state index < -0.39 is 8.07 Å². The summed E-state index contributed by atoms with van der Waals surface area (Å²) in [6.45, 7) is 13.4. The van der Waals surface area contributed by atoms with E-state index in [0.717, 1.165) is 60.6 Å². The molecule has 0 bridgehead atoms. The Morgan fingerprint density at radius 2 is 1.91 bits per heavy atom. The highest BCUT2D eigenvalue weighted by molar-refractivity contribution is 6.76. The maximum absolute atomic E-state index is 12.0. The van der Waals surface area contributed by atoms with Gasteiger partial charge in [0.15, 0.2) is 17.6 Å². The van der Waals surface area contributed by atoms with Gasteiger partial charge in [-0.05, 0) is 74.7 Å². The molecule has 0 saturated carbocycles. The predicted octanol–water partition coefficient (Wildman–Crippen LogP) is 7.32. The Hall–Kier alpha value is -3.11. The molecular weight excluding hydrogens is 594 g/mol. The van der Waals surface area contributed by atoms with Gasteiger partial charge in [0.2, 0.25) is 0 Å². The SMILES string of the molecule is CCOC(=O)/C=C/c1cnc(CN2CCC(c3cccc4c3OC[C@@H](c3ccc(Cl)cc3)O4)CC2)n1COCC[Si](C)(C)C. The number of fused-ring (bicyclic) bond motifs is 1. The van der Waals surface area contributed by atoms with Crippen molar-refractivity contribution in [2.45, 2.75) is 70.7 Å². The minimum Gasteiger partial charge on any atom is -0.485 e. The fourth-order valence-corrected chi connectivity index (χ4v) is 6.49. The van der Waals surface area contributed by atoms with Crippen molar-refractivity contribution in [2.24, 2.45) is 0 Å². The molecule has 1 saturated heterocycles. The van der Waals surface area contributed by atoms with Crippen LogP contribution in [0.25, 0.3) is 6.08 Å². The number of halogens is 1. The van der Waals surface area contributed by atoms with E-state index in [1.165, 1.54) is 11.6 Å². The van der Waals surface area contributed by atoms with Crippen LogP contribution in [-0.2, 0) is 27.5 Å². The number of rotatable bonds is 12. The highest BCUT2D eigenvalue weighted by Crippen LogP contribution is 2.44. The molecule has 1 aromatic heterocycles. The number of carbonyl (C=O) groups excluding carboxylic acids is 1. The molecule has 0 N–H and O–H groups in total. The molecule has 0 aliphatic carbocycles. The molecule has 0 unspecified atom stereocenters. The highest BCUT2D eigenvalue weighted by Gasteiger charge is 2.30. The van der Waals surface area contributed by atoms with Gasteiger partial charge in [-0.1, -0.05) is 55.5 Å². The summed E-state index contributed by atoms with van der Waals surface area (Å²) in [4.78, 5) is 19.1. The molecule has 0 spiro atoms. The zero-order valence-electron chi connectivity index (χ0n) is 26.3. The van der Waals surface area contributed by atoms with Crippen molar-refractivity contribution in [3.8, 4) is 11.5 Å². The van der Waals surface area contributed by atoms with Gasteiger partial charge < -0.3 is 23.5 Å². The Labute approximate surface area is 266 Å². The van der Waals surface area contributed by atoms with Crippen LogP contribution >= 0.6 is 11.6 Å². The summed E-state index contributed by atoms with van der Waals surface area (Å²) in [5.74, 6) is 2.64. The van der Waals surface area contributed by atoms with Crippen LogP contribution in [0, 0.1) is 0 Å². The third kappa shape index (κ3) is 8.53. The Bertz CT molecular complexity index is 1430. The monoisotopic (exact) mass is 637 g/mol. The van der Waals surface area contributed by atoms with Crippen molar-refractivity contribution < 1.29 is 23.7 Å². The zero-order chi connectivity index (χ0) is 31.1. The largest absolute Gasteiger partial charge is 0.485 e. The first-order valence-electron chi connectivity index (χ1n) is 15.6. The van der Waals surface area contributed by atoms with Crippen LogP contribution in [-0.4, -0.2) is 61.4 Å². The second-order valence-electron chi connectivity index (χ2n) is 12.7. The number of nitrogens with zero attached hydrogens (tertiary/aromatic N) is 3. The minimum absolute atomic E-state index is 0.155. The molecule has 5 rings (SSSR count). The fourth-order valence-electron chi connectivity index (χ4n) is 5.61. The average molecular weight is 638 g/mol. The number of likely N-dealkylation sites (tertiary alicyclic amines) is 1. The van der Waals surface area contributed by atoms with E-state index in [4.69, 9.17) is 35.5 Å². The van der Waals surface area contributed by atoms with Crippen LogP contribution in [0.15, 0.2) is 54.7 Å². The molecule has 8 nitrogen and oxygen atoms in total. The molecule has 3 aromatic rings. The summed E-state index contributed by atoms with van der Waals surface area (Å²) in [6.07, 6.45) is 6.91. The topological polar surface area (TPSA) is 75.0 Å². The Morgan fingerprint density at radius 3 is 2.64 bits per heavy atom. The van der Waals surface area contributed by atoms with Crippen molar-refractivity contribution >= 4 is 31.7 Å². The number of para-hydroxylation sites is 1. The number of hydrogen-bond donors (Lipinski definition) is 0. The summed E-state index contributed by atoms with van der Waals surface area (Å²) in [6, 6.07) is 15.1. The molecule has 2 aromatic carbocycles. The molecule has 236 valence electrons. The summed E-state index contributed by atoms with van der Waals surface area (Å²) < 4.78 is 26.0. The first-order valence-corrected chi connectivity index (χ1v) is 19.7. The number of carbonyl (C=O) groups is 1. The lowest BCUT2D eigenvalue weighted by Crippen LogP contribution is -2.34. The van der Waals surface area contributed by atoms with E-state index in [2.05, 4.69) is 41.2 Å². The molecule has 44 heavy (non-hydrogen) atoms. The maximum Gasteiger partial charge on any atom is 0.330 e. The molecule has 1 atom stereocenters. The van der Waals surface area contributed by atoms with Gasteiger partial charge >= 0.3 is 5.97 Å². The Morgan fingerprint density at radius 1 is 1.14 bits per heavy atom. The van der Waals surface area contributed by atoms with E-state index >= 15 is 0 Å². The molecule has 0 radical (unpaired) electrons. The number of esters is 1. The highest BCUT2D eigenvalue weighted by atomic mass is 35.5. The number of hydrogen-bond acceptors (Lipinski definition) is 7. The van der Waals surface area contributed by atoms with E-state index in [1.807, 2.05) is 36.5 Å². The van der Waals surface area contributed by atoms with Crippen molar-refractivity contribution in [1.82, 2.24) is 14.5 Å². The van der Waals surface area contributed by atoms with Crippen molar-refractivity contribution in [1.29, 1.82) is 0 Å². The lowest BCUT2D eigenvalue weighted by molar-refractivity contribution is -0.137. The van der Waals surface area contributed by atoms with Crippen LogP contribution in [0.4, 0.5) is 0 Å². The predicted molar refractivity (Wildman–Crippen MR) is 176 cm³/mol. The van der Waals surface area contributed by atoms with Gasteiger partial charge in [0.1, 0.15) is 19.2 Å². The smallest absolute Gasteiger partial charge is 0.330 e. The van der Waals surface area contributed by atoms with E-state index in [-0.39, 0.29) is 12.1 Å². The standard InChI is InChI=1S/C34H44ClN3O5Si/c1-5-41-33(39)14-13-28-21-36-32(38(28)24-40-19-20-44(2,3)4)22-37-17-15-25(16-18-37)29-7-6-8-30-34(29)42-23-31(43-30)26-9-11-27(35)12-10-26/h6-14,21,25,31H,5,15-20,22-24H2,1-4H3/b14-13+/t31-/m0/s1. The molecule has 2 aliphatic rings. The zero-order valence-corrected chi connectivity index (χ0v) is 28.0. The summed E-state index contributed by atoms with van der Waals surface area (Å²) >= 11 is 6.07. The van der Waals surface area contributed by atoms with Crippen LogP contribution in [0.3, 0.4) is 0 Å². The van der Waals surface area contributed by atoms with E-state index in [1.54, 1.807) is 13.0 Å². The summed E-state index contributed by atoms with van der Waals surface area (Å²) in [5, 5.41) is 0.709. The third-order valence-corrected chi connectivity index (χ3v) is 10.1. The molecule has 10 heteroatoms.